The Balaban J connectivity index is 1.57. The Morgan fingerprint density at radius 3 is 2.12 bits per heavy atom. The SMILES string of the molecule is O=C(C1[C@@H]2CCCC[C@@H]12)N1CCC(F)(F)CC1. The van der Waals surface area contributed by atoms with Crippen LogP contribution in [0.4, 0.5) is 8.78 Å². The number of carbonyl (C=O) groups is 1. The van der Waals surface area contributed by atoms with E-state index in [0.717, 1.165) is 0 Å². The van der Waals surface area contributed by atoms with Crippen molar-refractivity contribution in [3.63, 3.8) is 0 Å². The molecule has 96 valence electrons. The van der Waals surface area contributed by atoms with Crippen LogP contribution in [0.2, 0.25) is 0 Å². The molecule has 0 bridgehead atoms. The molecule has 3 aliphatic rings. The number of alkyl halides is 2. The fourth-order valence-electron chi connectivity index (χ4n) is 3.62. The van der Waals surface area contributed by atoms with Crippen LogP contribution in [0, 0.1) is 17.8 Å². The van der Waals surface area contributed by atoms with Crippen LogP contribution < -0.4 is 0 Å². The van der Waals surface area contributed by atoms with E-state index in [2.05, 4.69) is 0 Å². The molecule has 4 heteroatoms. The molecule has 3 rings (SSSR count). The predicted molar refractivity (Wildman–Crippen MR) is 59.7 cm³/mol. The molecule has 0 aromatic rings. The van der Waals surface area contributed by atoms with E-state index in [1.807, 2.05) is 0 Å². The smallest absolute Gasteiger partial charge is 0.251 e. The van der Waals surface area contributed by atoms with Gasteiger partial charge in [-0.3, -0.25) is 4.79 Å². The molecule has 2 atom stereocenters. The molecule has 2 aliphatic carbocycles. The second-order valence-corrected chi connectivity index (χ2v) is 5.82. The highest BCUT2D eigenvalue weighted by Crippen LogP contribution is 2.56. The van der Waals surface area contributed by atoms with E-state index in [-0.39, 0.29) is 37.8 Å². The number of piperidine rings is 1. The summed E-state index contributed by atoms with van der Waals surface area (Å²) in [6.07, 6.45) is 4.52. The summed E-state index contributed by atoms with van der Waals surface area (Å²) in [7, 11) is 0. The van der Waals surface area contributed by atoms with Crippen LogP contribution in [0.15, 0.2) is 0 Å². The van der Waals surface area contributed by atoms with Crippen LogP contribution in [-0.2, 0) is 4.79 Å². The summed E-state index contributed by atoms with van der Waals surface area (Å²) in [5.41, 5.74) is 0. The second kappa shape index (κ2) is 3.92. The highest BCUT2D eigenvalue weighted by atomic mass is 19.3. The lowest BCUT2D eigenvalue weighted by Gasteiger charge is -2.32. The van der Waals surface area contributed by atoms with E-state index in [1.165, 1.54) is 25.7 Å². The number of hydrogen-bond acceptors (Lipinski definition) is 1. The van der Waals surface area contributed by atoms with E-state index in [1.54, 1.807) is 4.90 Å². The van der Waals surface area contributed by atoms with Crippen LogP contribution in [0.1, 0.15) is 38.5 Å². The summed E-state index contributed by atoms with van der Waals surface area (Å²) in [6, 6.07) is 0. The molecule has 2 nitrogen and oxygen atoms in total. The number of fused-ring (bicyclic) bond motifs is 1. The Bertz CT molecular complexity index is 309. The average molecular weight is 243 g/mol. The van der Waals surface area contributed by atoms with Gasteiger partial charge in [0.25, 0.3) is 5.92 Å². The summed E-state index contributed by atoms with van der Waals surface area (Å²) in [6.45, 7) is 0.504. The van der Waals surface area contributed by atoms with Gasteiger partial charge >= 0.3 is 0 Å². The first-order valence-electron chi connectivity index (χ1n) is 6.75. The van der Waals surface area contributed by atoms with Gasteiger partial charge in [0.15, 0.2) is 0 Å². The van der Waals surface area contributed by atoms with Gasteiger partial charge in [-0.1, -0.05) is 12.8 Å². The molecule has 0 N–H and O–H groups in total. The normalized spacial score (nSPS) is 39.6. The molecule has 3 fully saturated rings. The lowest BCUT2D eigenvalue weighted by atomic mass is 10.0. The first-order valence-corrected chi connectivity index (χ1v) is 6.75. The first-order chi connectivity index (χ1) is 8.08. The Labute approximate surface area is 100 Å². The maximum atomic E-state index is 13.0. The van der Waals surface area contributed by atoms with Crippen LogP contribution in [0.25, 0.3) is 0 Å². The van der Waals surface area contributed by atoms with Crippen molar-refractivity contribution in [2.24, 2.45) is 17.8 Å². The fourth-order valence-corrected chi connectivity index (χ4v) is 3.62. The average Bonchev–Trinajstić information content (AvgIpc) is 3.02. The maximum Gasteiger partial charge on any atom is 0.251 e. The van der Waals surface area contributed by atoms with Gasteiger partial charge in [-0.2, -0.15) is 0 Å². The van der Waals surface area contributed by atoms with Crippen molar-refractivity contribution in [3.05, 3.63) is 0 Å². The van der Waals surface area contributed by atoms with Crippen LogP contribution >= 0.6 is 0 Å². The number of hydrogen-bond donors (Lipinski definition) is 0. The van der Waals surface area contributed by atoms with Crippen LogP contribution in [0.3, 0.4) is 0 Å². The lowest BCUT2D eigenvalue weighted by Crippen LogP contribution is -2.43. The maximum absolute atomic E-state index is 13.0. The number of nitrogens with zero attached hydrogens (tertiary/aromatic N) is 1. The summed E-state index contributed by atoms with van der Waals surface area (Å²) in [5, 5.41) is 0. The molecule has 0 aromatic carbocycles. The number of rotatable bonds is 1. The Morgan fingerprint density at radius 1 is 1.06 bits per heavy atom. The third kappa shape index (κ3) is 2.06. The van der Waals surface area contributed by atoms with Gasteiger partial charge in [0.05, 0.1) is 0 Å². The third-order valence-electron chi connectivity index (χ3n) is 4.75. The van der Waals surface area contributed by atoms with Gasteiger partial charge in [0, 0.05) is 31.8 Å². The summed E-state index contributed by atoms with van der Waals surface area (Å²) < 4.78 is 26.0. The lowest BCUT2D eigenvalue weighted by molar-refractivity contribution is -0.139. The van der Waals surface area contributed by atoms with E-state index < -0.39 is 5.92 Å². The molecular weight excluding hydrogens is 224 g/mol. The van der Waals surface area contributed by atoms with Gasteiger partial charge in [-0.15, -0.1) is 0 Å². The zero-order valence-corrected chi connectivity index (χ0v) is 10.0. The highest BCUT2D eigenvalue weighted by Gasteiger charge is 2.56. The van der Waals surface area contributed by atoms with Crippen molar-refractivity contribution in [1.82, 2.24) is 4.90 Å². The quantitative estimate of drug-likeness (QED) is 0.693. The topological polar surface area (TPSA) is 20.3 Å². The summed E-state index contributed by atoms with van der Waals surface area (Å²) in [4.78, 5) is 13.9. The van der Waals surface area contributed by atoms with Crippen LogP contribution in [0.5, 0.6) is 0 Å². The Morgan fingerprint density at radius 2 is 1.59 bits per heavy atom. The predicted octanol–water partition coefficient (Wildman–Crippen LogP) is 2.68. The molecule has 1 saturated heterocycles. The molecule has 0 unspecified atom stereocenters. The molecule has 17 heavy (non-hydrogen) atoms. The molecule has 0 aromatic heterocycles. The number of amides is 1. The van der Waals surface area contributed by atoms with Crippen molar-refractivity contribution < 1.29 is 13.6 Å². The Hall–Kier alpha value is -0.670. The molecule has 0 spiro atoms. The van der Waals surface area contributed by atoms with Gasteiger partial charge in [-0.25, -0.2) is 8.78 Å². The van der Waals surface area contributed by atoms with Crippen molar-refractivity contribution in [3.8, 4) is 0 Å². The first kappa shape index (κ1) is 11.4. The molecular formula is C13H19F2NO. The minimum atomic E-state index is -2.55. The van der Waals surface area contributed by atoms with Crippen molar-refractivity contribution in [2.75, 3.05) is 13.1 Å². The largest absolute Gasteiger partial charge is 0.342 e. The van der Waals surface area contributed by atoms with Crippen molar-refractivity contribution in [2.45, 2.75) is 44.4 Å². The minimum absolute atomic E-state index is 0.152. The van der Waals surface area contributed by atoms with E-state index >= 15 is 0 Å². The fraction of sp³-hybridized carbons (Fsp3) is 0.923. The third-order valence-corrected chi connectivity index (χ3v) is 4.75. The summed E-state index contributed by atoms with van der Waals surface area (Å²) >= 11 is 0. The standard InChI is InChI=1S/C13H19F2NO/c14-13(15)5-7-16(8-6-13)12(17)11-9-3-1-2-4-10(9)11/h9-11H,1-8H2/t9-,10-/m1/s1. The molecule has 1 aliphatic heterocycles. The van der Waals surface area contributed by atoms with E-state index in [4.69, 9.17) is 0 Å². The number of carbonyl (C=O) groups excluding carboxylic acids is 1. The highest BCUT2D eigenvalue weighted by molar-refractivity contribution is 5.82. The molecule has 1 amide bonds. The van der Waals surface area contributed by atoms with Gasteiger partial charge in [0.2, 0.25) is 5.91 Å². The number of likely N-dealkylation sites (tertiary alicyclic amines) is 1. The van der Waals surface area contributed by atoms with Crippen molar-refractivity contribution in [1.29, 1.82) is 0 Å². The molecule has 0 radical (unpaired) electrons. The van der Waals surface area contributed by atoms with Gasteiger partial charge in [-0.05, 0) is 24.7 Å². The second-order valence-electron chi connectivity index (χ2n) is 5.82. The Kier molecular flexibility index (Phi) is 2.64. The number of halogens is 2. The molecule has 2 saturated carbocycles. The molecule has 1 heterocycles. The summed E-state index contributed by atoms with van der Waals surface area (Å²) in [5.74, 6) is -1.04. The van der Waals surface area contributed by atoms with Gasteiger partial charge in [0.1, 0.15) is 0 Å². The minimum Gasteiger partial charge on any atom is -0.342 e. The van der Waals surface area contributed by atoms with Crippen LogP contribution in [-0.4, -0.2) is 29.8 Å². The van der Waals surface area contributed by atoms with E-state index in [0.29, 0.717) is 11.8 Å². The van der Waals surface area contributed by atoms with E-state index in [9.17, 15) is 13.6 Å². The zero-order chi connectivity index (χ0) is 12.0. The van der Waals surface area contributed by atoms with Crippen molar-refractivity contribution >= 4 is 5.91 Å². The zero-order valence-electron chi connectivity index (χ0n) is 10.0. The monoisotopic (exact) mass is 243 g/mol. The van der Waals surface area contributed by atoms with Gasteiger partial charge < -0.3 is 4.90 Å².